The molecule has 0 bridgehead atoms. The van der Waals surface area contributed by atoms with E-state index >= 15 is 0 Å². The summed E-state index contributed by atoms with van der Waals surface area (Å²) in [5.41, 5.74) is 11.9. The Kier molecular flexibility index (Phi) is 4.49. The number of halogens is 1. The van der Waals surface area contributed by atoms with Gasteiger partial charge in [0.1, 0.15) is 0 Å². The third-order valence-corrected chi connectivity index (χ3v) is 3.87. The van der Waals surface area contributed by atoms with Gasteiger partial charge >= 0.3 is 0 Å². The molecular weight excluding hydrogens is 278 g/mol. The Balaban J connectivity index is 1.94. The molecule has 1 fully saturated rings. The molecule has 1 aliphatic rings. The van der Waals surface area contributed by atoms with E-state index in [-0.39, 0.29) is 23.8 Å². The number of primary amides is 1. The lowest BCUT2D eigenvalue weighted by Crippen LogP contribution is -2.39. The predicted octanol–water partition coefficient (Wildman–Crippen LogP) is 1.70. The molecule has 0 aromatic heterocycles. The van der Waals surface area contributed by atoms with E-state index in [1.807, 2.05) is 0 Å². The number of amides is 2. The van der Waals surface area contributed by atoms with Crippen LogP contribution in [0.5, 0.6) is 0 Å². The third-order valence-electron chi connectivity index (χ3n) is 3.65. The molecule has 20 heavy (non-hydrogen) atoms. The minimum Gasteiger partial charge on any atom is -0.399 e. The molecule has 0 saturated heterocycles. The van der Waals surface area contributed by atoms with Gasteiger partial charge in [-0.15, -0.1) is 0 Å². The largest absolute Gasteiger partial charge is 0.399 e. The molecule has 0 unspecified atom stereocenters. The number of nitrogens with two attached hydrogens (primary N) is 2. The van der Waals surface area contributed by atoms with Crippen LogP contribution < -0.4 is 16.8 Å². The van der Waals surface area contributed by atoms with Gasteiger partial charge in [0, 0.05) is 28.2 Å². The molecule has 1 aromatic rings. The number of hydrogen-bond donors (Lipinski definition) is 3. The maximum absolute atomic E-state index is 12.1. The molecular formula is C14H18ClN3O2. The van der Waals surface area contributed by atoms with Crippen LogP contribution in [0.15, 0.2) is 18.2 Å². The number of carbonyl (C=O) groups excluding carboxylic acids is 2. The van der Waals surface area contributed by atoms with Crippen molar-refractivity contribution in [2.45, 2.75) is 31.7 Å². The summed E-state index contributed by atoms with van der Waals surface area (Å²) in [4.78, 5) is 23.2. The number of carbonyl (C=O) groups is 2. The summed E-state index contributed by atoms with van der Waals surface area (Å²) in [7, 11) is 0. The van der Waals surface area contributed by atoms with Crippen LogP contribution in [0, 0.1) is 5.92 Å². The number of benzene rings is 1. The van der Waals surface area contributed by atoms with Crippen molar-refractivity contribution in [2.24, 2.45) is 11.7 Å². The standard InChI is InChI=1S/C14H18ClN3O2/c15-10-5-9(6-11(16)7-10)14(20)18-12-3-1-8(2-4-12)13(17)19/h5-8,12H,1-4,16H2,(H2,17,19)(H,18,20). The van der Waals surface area contributed by atoms with E-state index in [0.717, 1.165) is 25.7 Å². The highest BCUT2D eigenvalue weighted by Crippen LogP contribution is 2.24. The van der Waals surface area contributed by atoms with Gasteiger partial charge in [0.25, 0.3) is 5.91 Å². The Labute approximate surface area is 122 Å². The summed E-state index contributed by atoms with van der Waals surface area (Å²) in [5.74, 6) is -0.510. The van der Waals surface area contributed by atoms with Gasteiger partial charge in [-0.3, -0.25) is 9.59 Å². The van der Waals surface area contributed by atoms with Gasteiger partial charge < -0.3 is 16.8 Å². The zero-order chi connectivity index (χ0) is 14.7. The van der Waals surface area contributed by atoms with E-state index in [0.29, 0.717) is 16.3 Å². The molecule has 1 aromatic carbocycles. The lowest BCUT2D eigenvalue weighted by molar-refractivity contribution is -0.122. The summed E-state index contributed by atoms with van der Waals surface area (Å²) in [6, 6.07) is 4.84. The van der Waals surface area contributed by atoms with E-state index in [4.69, 9.17) is 23.1 Å². The fourth-order valence-corrected chi connectivity index (χ4v) is 2.78. The topological polar surface area (TPSA) is 98.2 Å². The van der Waals surface area contributed by atoms with Crippen molar-refractivity contribution in [1.29, 1.82) is 0 Å². The van der Waals surface area contributed by atoms with Crippen LogP contribution in [0.3, 0.4) is 0 Å². The van der Waals surface area contributed by atoms with Crippen LogP contribution >= 0.6 is 11.6 Å². The third kappa shape index (κ3) is 3.63. The van der Waals surface area contributed by atoms with Crippen molar-refractivity contribution in [3.05, 3.63) is 28.8 Å². The van der Waals surface area contributed by atoms with Gasteiger partial charge in [0.2, 0.25) is 5.91 Å². The minimum atomic E-state index is -0.252. The zero-order valence-electron chi connectivity index (χ0n) is 11.1. The van der Waals surface area contributed by atoms with Crippen molar-refractivity contribution < 1.29 is 9.59 Å². The van der Waals surface area contributed by atoms with Crippen LogP contribution in [0.1, 0.15) is 36.0 Å². The first kappa shape index (κ1) is 14.7. The Morgan fingerprint density at radius 3 is 2.35 bits per heavy atom. The average Bonchev–Trinajstić information content (AvgIpc) is 2.38. The summed E-state index contributed by atoms with van der Waals surface area (Å²) in [6.07, 6.45) is 2.96. The van der Waals surface area contributed by atoms with E-state index in [1.54, 1.807) is 18.2 Å². The summed E-state index contributed by atoms with van der Waals surface area (Å²) < 4.78 is 0. The van der Waals surface area contributed by atoms with Crippen LogP contribution in [-0.4, -0.2) is 17.9 Å². The fourth-order valence-electron chi connectivity index (χ4n) is 2.53. The lowest BCUT2D eigenvalue weighted by atomic mass is 9.85. The SMILES string of the molecule is NC(=O)C1CCC(NC(=O)c2cc(N)cc(Cl)c2)CC1. The van der Waals surface area contributed by atoms with E-state index in [9.17, 15) is 9.59 Å². The van der Waals surface area contributed by atoms with Gasteiger partial charge in [-0.2, -0.15) is 0 Å². The molecule has 0 aliphatic heterocycles. The van der Waals surface area contributed by atoms with E-state index < -0.39 is 0 Å². The van der Waals surface area contributed by atoms with Crippen LogP contribution in [0.4, 0.5) is 5.69 Å². The summed E-state index contributed by atoms with van der Waals surface area (Å²) in [6.45, 7) is 0. The first-order valence-corrected chi connectivity index (χ1v) is 6.99. The maximum atomic E-state index is 12.1. The van der Waals surface area contributed by atoms with E-state index in [1.165, 1.54) is 0 Å². The molecule has 0 heterocycles. The molecule has 108 valence electrons. The van der Waals surface area contributed by atoms with Crippen molar-refractivity contribution in [3.8, 4) is 0 Å². The highest BCUT2D eigenvalue weighted by Gasteiger charge is 2.25. The zero-order valence-corrected chi connectivity index (χ0v) is 11.8. The Morgan fingerprint density at radius 1 is 1.15 bits per heavy atom. The van der Waals surface area contributed by atoms with Gasteiger partial charge in [0.15, 0.2) is 0 Å². The Bertz CT molecular complexity index is 505. The summed E-state index contributed by atoms with van der Waals surface area (Å²) >= 11 is 5.88. The first-order valence-electron chi connectivity index (χ1n) is 6.62. The van der Waals surface area contributed by atoms with Crippen LogP contribution in [0.2, 0.25) is 5.02 Å². The monoisotopic (exact) mass is 295 g/mol. The number of nitrogens with one attached hydrogen (secondary N) is 1. The van der Waals surface area contributed by atoms with Gasteiger partial charge in [-0.05, 0) is 43.9 Å². The highest BCUT2D eigenvalue weighted by atomic mass is 35.5. The Hall–Kier alpha value is -1.75. The minimum absolute atomic E-state index is 0.0648. The Morgan fingerprint density at radius 2 is 1.80 bits per heavy atom. The second-order valence-corrected chi connectivity index (χ2v) is 5.63. The molecule has 6 heteroatoms. The van der Waals surface area contributed by atoms with Crippen molar-refractivity contribution in [2.75, 3.05) is 5.73 Å². The number of rotatable bonds is 3. The molecule has 2 amide bonds. The smallest absolute Gasteiger partial charge is 0.251 e. The van der Waals surface area contributed by atoms with Crippen molar-refractivity contribution in [1.82, 2.24) is 5.32 Å². The van der Waals surface area contributed by atoms with Crippen LogP contribution in [-0.2, 0) is 4.79 Å². The van der Waals surface area contributed by atoms with Crippen LogP contribution in [0.25, 0.3) is 0 Å². The number of hydrogen-bond acceptors (Lipinski definition) is 3. The van der Waals surface area contributed by atoms with Crippen molar-refractivity contribution in [3.63, 3.8) is 0 Å². The molecule has 1 aliphatic carbocycles. The lowest BCUT2D eigenvalue weighted by Gasteiger charge is -2.27. The molecule has 5 N–H and O–H groups in total. The van der Waals surface area contributed by atoms with E-state index in [2.05, 4.69) is 5.32 Å². The maximum Gasteiger partial charge on any atom is 0.251 e. The highest BCUT2D eigenvalue weighted by molar-refractivity contribution is 6.31. The normalized spacial score (nSPS) is 22.2. The molecule has 2 rings (SSSR count). The molecule has 1 saturated carbocycles. The predicted molar refractivity (Wildman–Crippen MR) is 78.3 cm³/mol. The second-order valence-electron chi connectivity index (χ2n) is 5.20. The fraction of sp³-hybridized carbons (Fsp3) is 0.429. The van der Waals surface area contributed by atoms with Gasteiger partial charge in [-0.1, -0.05) is 11.6 Å². The average molecular weight is 296 g/mol. The number of nitrogen functional groups attached to an aromatic ring is 1. The summed E-state index contributed by atoms with van der Waals surface area (Å²) in [5, 5.41) is 3.38. The van der Waals surface area contributed by atoms with Gasteiger partial charge in [0.05, 0.1) is 0 Å². The molecule has 0 radical (unpaired) electrons. The quantitative estimate of drug-likeness (QED) is 0.740. The second kappa shape index (κ2) is 6.13. The van der Waals surface area contributed by atoms with Gasteiger partial charge in [-0.25, -0.2) is 0 Å². The molecule has 5 nitrogen and oxygen atoms in total. The molecule has 0 atom stereocenters. The number of anilines is 1. The first-order chi connectivity index (χ1) is 9.45. The van der Waals surface area contributed by atoms with Crippen molar-refractivity contribution >= 4 is 29.1 Å². The molecule has 0 spiro atoms.